The molecule has 0 N–H and O–H groups in total. The number of ketones is 1. The fourth-order valence-electron chi connectivity index (χ4n) is 1.71. The molecular weight excluding hydrogens is 244 g/mol. The zero-order valence-electron chi connectivity index (χ0n) is 7.65. The lowest BCUT2D eigenvalue weighted by Gasteiger charge is -2.26. The lowest BCUT2D eigenvalue weighted by atomic mass is 9.91. The molecule has 0 saturated heterocycles. The van der Waals surface area contributed by atoms with Crippen molar-refractivity contribution in [2.75, 3.05) is 0 Å². The first kappa shape index (κ1) is 9.71. The van der Waals surface area contributed by atoms with Crippen molar-refractivity contribution in [3.05, 3.63) is 35.0 Å². The summed E-state index contributed by atoms with van der Waals surface area (Å²) in [5.74, 6) is 0.462. The van der Waals surface area contributed by atoms with Crippen LogP contribution in [-0.2, 0) is 9.53 Å². The topological polar surface area (TPSA) is 26.3 Å². The van der Waals surface area contributed by atoms with E-state index in [1.165, 1.54) is 12.3 Å². The van der Waals surface area contributed by atoms with E-state index in [-0.39, 0.29) is 11.9 Å². The molecule has 1 unspecified atom stereocenters. The first-order chi connectivity index (χ1) is 6.75. The average molecular weight is 255 g/mol. The predicted molar refractivity (Wildman–Crippen MR) is 57.9 cm³/mol. The molecule has 2 atom stereocenters. The van der Waals surface area contributed by atoms with E-state index in [4.69, 9.17) is 4.74 Å². The third-order valence-electron chi connectivity index (χ3n) is 2.45. The highest BCUT2D eigenvalue weighted by Gasteiger charge is 2.25. The molecule has 0 aromatic rings. The van der Waals surface area contributed by atoms with Gasteiger partial charge in [-0.25, -0.2) is 0 Å². The van der Waals surface area contributed by atoms with E-state index in [0.717, 1.165) is 10.9 Å². The Morgan fingerprint density at radius 3 is 3.00 bits per heavy atom. The maximum Gasteiger partial charge on any atom is 0.162 e. The van der Waals surface area contributed by atoms with E-state index in [2.05, 4.69) is 28.1 Å². The van der Waals surface area contributed by atoms with Gasteiger partial charge >= 0.3 is 0 Å². The Bertz CT molecular complexity index is 328. The summed E-state index contributed by atoms with van der Waals surface area (Å²) in [7, 11) is 0. The Morgan fingerprint density at radius 1 is 1.43 bits per heavy atom. The molecule has 0 bridgehead atoms. The fraction of sp³-hybridized carbons (Fsp3) is 0.364. The number of rotatable bonds is 1. The molecule has 3 heteroatoms. The van der Waals surface area contributed by atoms with Gasteiger partial charge in [0.05, 0.1) is 6.26 Å². The van der Waals surface area contributed by atoms with Crippen molar-refractivity contribution in [3.63, 3.8) is 0 Å². The van der Waals surface area contributed by atoms with Gasteiger partial charge in [-0.2, -0.15) is 0 Å². The second kappa shape index (κ2) is 4.13. The number of allylic oxidation sites excluding steroid dienone is 4. The molecule has 1 heterocycles. The number of ether oxygens (including phenoxy) is 1. The van der Waals surface area contributed by atoms with Gasteiger partial charge in [0.15, 0.2) is 5.78 Å². The van der Waals surface area contributed by atoms with Crippen molar-refractivity contribution in [1.82, 2.24) is 0 Å². The number of hydrogen-bond acceptors (Lipinski definition) is 2. The predicted octanol–water partition coefficient (Wildman–Crippen LogP) is 2.71. The second-order valence-corrected chi connectivity index (χ2v) is 4.42. The minimum Gasteiger partial charge on any atom is -0.497 e. The smallest absolute Gasteiger partial charge is 0.162 e. The van der Waals surface area contributed by atoms with Crippen molar-refractivity contribution in [1.29, 1.82) is 0 Å². The lowest BCUT2D eigenvalue weighted by molar-refractivity contribution is -0.118. The third-order valence-corrected chi connectivity index (χ3v) is 2.97. The zero-order valence-corrected chi connectivity index (χ0v) is 9.24. The van der Waals surface area contributed by atoms with E-state index in [0.29, 0.717) is 12.3 Å². The molecule has 2 rings (SSSR count). The zero-order chi connectivity index (χ0) is 9.97. The Balaban J connectivity index is 2.06. The Kier molecular flexibility index (Phi) is 2.87. The maximum absolute atomic E-state index is 11.2. The van der Waals surface area contributed by atoms with Gasteiger partial charge in [-0.05, 0) is 6.42 Å². The Labute approximate surface area is 91.5 Å². The van der Waals surface area contributed by atoms with Gasteiger partial charge in [0.2, 0.25) is 0 Å². The highest BCUT2D eigenvalue weighted by Crippen LogP contribution is 2.27. The third kappa shape index (κ3) is 2.15. The summed E-state index contributed by atoms with van der Waals surface area (Å²) in [6, 6.07) is 0. The molecule has 0 aromatic heterocycles. The highest BCUT2D eigenvalue weighted by molar-refractivity contribution is 9.11. The standard InChI is InChI=1S/C11H11BrO2/c12-9-3-1-2-8(6-9)11-7-10(13)4-5-14-11/h1,3-6,8,11H,2,7H2/t8?,11-/m1/s1. The SMILES string of the molecule is O=C1C=CO[C@@H](C2C=C(Br)C=CC2)C1. The van der Waals surface area contributed by atoms with Crippen LogP contribution in [0.15, 0.2) is 35.0 Å². The summed E-state index contributed by atoms with van der Waals surface area (Å²) in [6.45, 7) is 0. The van der Waals surface area contributed by atoms with Crippen molar-refractivity contribution < 1.29 is 9.53 Å². The van der Waals surface area contributed by atoms with Crippen molar-refractivity contribution >= 4 is 21.7 Å². The second-order valence-electron chi connectivity index (χ2n) is 3.50. The molecule has 0 radical (unpaired) electrons. The monoisotopic (exact) mass is 254 g/mol. The van der Waals surface area contributed by atoms with E-state index < -0.39 is 0 Å². The molecule has 74 valence electrons. The number of carbonyl (C=O) groups excluding carboxylic acids is 1. The summed E-state index contributed by atoms with van der Waals surface area (Å²) >= 11 is 3.43. The minimum absolute atomic E-state index is 0.00463. The van der Waals surface area contributed by atoms with E-state index >= 15 is 0 Å². The molecular formula is C11H11BrO2. The van der Waals surface area contributed by atoms with Crippen LogP contribution in [0.2, 0.25) is 0 Å². The number of hydrogen-bond donors (Lipinski definition) is 0. The number of halogens is 1. The van der Waals surface area contributed by atoms with Crippen molar-refractivity contribution in [2.45, 2.75) is 18.9 Å². The first-order valence-corrected chi connectivity index (χ1v) is 5.44. The van der Waals surface area contributed by atoms with Gasteiger partial charge in [0.1, 0.15) is 6.10 Å². The normalized spacial score (nSPS) is 31.2. The van der Waals surface area contributed by atoms with Crippen LogP contribution < -0.4 is 0 Å². The number of carbonyl (C=O) groups is 1. The van der Waals surface area contributed by atoms with E-state index in [1.54, 1.807) is 0 Å². The van der Waals surface area contributed by atoms with Crippen LogP contribution >= 0.6 is 15.9 Å². The minimum atomic E-state index is 0.00463. The van der Waals surface area contributed by atoms with Crippen molar-refractivity contribution in [2.24, 2.45) is 5.92 Å². The van der Waals surface area contributed by atoms with Crippen LogP contribution in [0.4, 0.5) is 0 Å². The molecule has 1 aliphatic heterocycles. The molecule has 0 amide bonds. The van der Waals surface area contributed by atoms with Gasteiger partial charge in [-0.3, -0.25) is 4.79 Å². The maximum atomic E-state index is 11.2. The molecule has 0 fully saturated rings. The van der Waals surface area contributed by atoms with Crippen LogP contribution in [0.25, 0.3) is 0 Å². The average Bonchev–Trinajstić information content (AvgIpc) is 2.18. The summed E-state index contributed by atoms with van der Waals surface area (Å²) in [6.07, 6.45) is 10.7. The van der Waals surface area contributed by atoms with Gasteiger partial charge in [0.25, 0.3) is 0 Å². The van der Waals surface area contributed by atoms with Crippen LogP contribution in [0.1, 0.15) is 12.8 Å². The van der Waals surface area contributed by atoms with Gasteiger partial charge < -0.3 is 4.74 Å². The lowest BCUT2D eigenvalue weighted by Crippen LogP contribution is -2.26. The molecule has 0 saturated carbocycles. The van der Waals surface area contributed by atoms with E-state index in [1.807, 2.05) is 6.08 Å². The quantitative estimate of drug-likeness (QED) is 0.720. The molecule has 2 nitrogen and oxygen atoms in total. The first-order valence-electron chi connectivity index (χ1n) is 4.64. The molecule has 2 aliphatic rings. The van der Waals surface area contributed by atoms with Gasteiger partial charge in [0, 0.05) is 22.9 Å². The summed E-state index contributed by atoms with van der Waals surface area (Å²) in [4.78, 5) is 11.2. The molecule has 0 spiro atoms. The van der Waals surface area contributed by atoms with Gasteiger partial charge in [-0.15, -0.1) is 0 Å². The van der Waals surface area contributed by atoms with Crippen LogP contribution in [0, 0.1) is 5.92 Å². The van der Waals surface area contributed by atoms with Crippen molar-refractivity contribution in [3.8, 4) is 0 Å². The van der Waals surface area contributed by atoms with Crippen LogP contribution in [0.3, 0.4) is 0 Å². The summed E-state index contributed by atoms with van der Waals surface area (Å²) in [5.41, 5.74) is 0. The molecule has 0 aromatic carbocycles. The summed E-state index contributed by atoms with van der Waals surface area (Å²) in [5, 5.41) is 0. The van der Waals surface area contributed by atoms with Crippen LogP contribution in [0.5, 0.6) is 0 Å². The molecule has 14 heavy (non-hydrogen) atoms. The fourth-order valence-corrected chi connectivity index (χ4v) is 2.23. The van der Waals surface area contributed by atoms with Crippen LogP contribution in [-0.4, -0.2) is 11.9 Å². The Morgan fingerprint density at radius 2 is 2.29 bits per heavy atom. The Hall–Kier alpha value is -0.830. The highest BCUT2D eigenvalue weighted by atomic mass is 79.9. The van der Waals surface area contributed by atoms with E-state index in [9.17, 15) is 4.79 Å². The largest absolute Gasteiger partial charge is 0.497 e. The summed E-state index contributed by atoms with van der Waals surface area (Å²) < 4.78 is 6.50. The van der Waals surface area contributed by atoms with Gasteiger partial charge in [-0.1, -0.05) is 34.2 Å². The molecule has 1 aliphatic carbocycles.